The molecule has 0 amide bonds. The first kappa shape index (κ1) is 23.0. The highest BCUT2D eigenvalue weighted by molar-refractivity contribution is 5.91. The number of halogens is 1. The molecule has 0 bridgehead atoms. The van der Waals surface area contributed by atoms with Crippen LogP contribution in [0.3, 0.4) is 0 Å². The molecule has 2 aromatic carbocycles. The Balaban J connectivity index is 1.44. The van der Waals surface area contributed by atoms with Gasteiger partial charge in [0.15, 0.2) is 0 Å². The SMILES string of the molecule is CCCNCc1cc2c(N3CCC(c4cc(F)ccc4OC)CC3)nc(C3CC3)nc2cc1C. The number of nitrogens with one attached hydrogen (secondary N) is 1. The number of rotatable bonds is 8. The normalized spacial score (nSPS) is 16.9. The van der Waals surface area contributed by atoms with Crippen LogP contribution in [0.4, 0.5) is 10.2 Å². The third-order valence-electron chi connectivity index (χ3n) is 7.26. The Hall–Kier alpha value is -2.73. The maximum Gasteiger partial charge on any atom is 0.140 e. The third kappa shape index (κ3) is 4.74. The van der Waals surface area contributed by atoms with Gasteiger partial charge in [0.05, 0.1) is 12.6 Å². The Morgan fingerprint density at radius 2 is 1.85 bits per heavy atom. The van der Waals surface area contributed by atoms with Gasteiger partial charge in [-0.1, -0.05) is 6.92 Å². The summed E-state index contributed by atoms with van der Waals surface area (Å²) in [6, 6.07) is 9.38. The molecule has 2 fully saturated rings. The molecule has 5 rings (SSSR count). The first-order chi connectivity index (χ1) is 16.6. The molecule has 0 unspecified atom stereocenters. The fourth-order valence-electron chi connectivity index (χ4n) is 5.11. The third-order valence-corrected chi connectivity index (χ3v) is 7.26. The number of anilines is 1. The van der Waals surface area contributed by atoms with E-state index in [0.717, 1.165) is 79.3 Å². The van der Waals surface area contributed by atoms with Crippen LogP contribution in [0, 0.1) is 12.7 Å². The van der Waals surface area contributed by atoms with Gasteiger partial charge in [0.2, 0.25) is 0 Å². The number of nitrogens with zero attached hydrogens (tertiary/aromatic N) is 3. The number of benzene rings is 2. The summed E-state index contributed by atoms with van der Waals surface area (Å²) >= 11 is 0. The molecule has 6 heteroatoms. The molecule has 0 spiro atoms. The summed E-state index contributed by atoms with van der Waals surface area (Å²) in [7, 11) is 1.66. The van der Waals surface area contributed by atoms with E-state index in [4.69, 9.17) is 14.7 Å². The lowest BCUT2D eigenvalue weighted by atomic mass is 9.88. The maximum atomic E-state index is 14.0. The van der Waals surface area contributed by atoms with Crippen LogP contribution in [-0.4, -0.2) is 36.7 Å². The molecule has 180 valence electrons. The highest BCUT2D eigenvalue weighted by atomic mass is 19.1. The molecule has 1 aromatic heterocycles. The minimum atomic E-state index is -0.200. The van der Waals surface area contributed by atoms with E-state index in [9.17, 15) is 4.39 Å². The minimum Gasteiger partial charge on any atom is -0.496 e. The highest BCUT2D eigenvalue weighted by Gasteiger charge is 2.30. The van der Waals surface area contributed by atoms with Crippen molar-refractivity contribution in [3.8, 4) is 5.75 Å². The molecule has 1 aliphatic carbocycles. The van der Waals surface area contributed by atoms with E-state index in [0.29, 0.717) is 5.92 Å². The second kappa shape index (κ2) is 9.87. The van der Waals surface area contributed by atoms with Crippen LogP contribution in [0.1, 0.15) is 73.4 Å². The van der Waals surface area contributed by atoms with Crippen LogP contribution in [0.25, 0.3) is 10.9 Å². The molecule has 0 radical (unpaired) electrons. The maximum absolute atomic E-state index is 14.0. The van der Waals surface area contributed by atoms with Crippen LogP contribution in [0.5, 0.6) is 5.75 Å². The van der Waals surface area contributed by atoms with E-state index in [1.165, 1.54) is 30.0 Å². The molecular formula is C28H35FN4O. The summed E-state index contributed by atoms with van der Waals surface area (Å²) in [5.74, 6) is 3.43. The summed E-state index contributed by atoms with van der Waals surface area (Å²) in [6.07, 6.45) is 5.38. The van der Waals surface area contributed by atoms with Crippen LogP contribution in [0.2, 0.25) is 0 Å². The van der Waals surface area contributed by atoms with Crippen molar-refractivity contribution in [1.29, 1.82) is 0 Å². The summed E-state index contributed by atoms with van der Waals surface area (Å²) in [6.45, 7) is 8.02. The van der Waals surface area contributed by atoms with Crippen molar-refractivity contribution in [3.05, 3.63) is 58.7 Å². The van der Waals surface area contributed by atoms with E-state index in [2.05, 4.69) is 36.2 Å². The van der Waals surface area contributed by atoms with Gasteiger partial charge in [0.1, 0.15) is 23.2 Å². The van der Waals surface area contributed by atoms with E-state index in [1.54, 1.807) is 19.2 Å². The molecule has 1 saturated carbocycles. The Kier molecular flexibility index (Phi) is 6.68. The lowest BCUT2D eigenvalue weighted by molar-refractivity contribution is 0.395. The number of fused-ring (bicyclic) bond motifs is 1. The van der Waals surface area contributed by atoms with Crippen molar-refractivity contribution in [2.75, 3.05) is 31.6 Å². The zero-order chi connectivity index (χ0) is 23.7. The average molecular weight is 463 g/mol. The monoisotopic (exact) mass is 462 g/mol. The van der Waals surface area contributed by atoms with Gasteiger partial charge < -0.3 is 15.0 Å². The zero-order valence-electron chi connectivity index (χ0n) is 20.5. The molecule has 1 aliphatic heterocycles. The van der Waals surface area contributed by atoms with Crippen LogP contribution in [0.15, 0.2) is 30.3 Å². The first-order valence-corrected chi connectivity index (χ1v) is 12.7. The van der Waals surface area contributed by atoms with Gasteiger partial charge >= 0.3 is 0 Å². The van der Waals surface area contributed by atoms with Crippen LogP contribution >= 0.6 is 0 Å². The van der Waals surface area contributed by atoms with Gasteiger partial charge in [-0.15, -0.1) is 0 Å². The van der Waals surface area contributed by atoms with Crippen molar-refractivity contribution < 1.29 is 9.13 Å². The van der Waals surface area contributed by atoms with E-state index >= 15 is 0 Å². The molecule has 0 atom stereocenters. The van der Waals surface area contributed by atoms with Gasteiger partial charge in [-0.3, -0.25) is 0 Å². The van der Waals surface area contributed by atoms with Gasteiger partial charge in [-0.2, -0.15) is 0 Å². The molecular weight excluding hydrogens is 427 g/mol. The van der Waals surface area contributed by atoms with Crippen molar-refractivity contribution in [2.45, 2.75) is 64.3 Å². The zero-order valence-corrected chi connectivity index (χ0v) is 20.5. The van der Waals surface area contributed by atoms with E-state index in [1.807, 2.05) is 0 Å². The Bertz CT molecular complexity index is 1170. The largest absolute Gasteiger partial charge is 0.496 e. The van der Waals surface area contributed by atoms with Gasteiger partial charge in [0, 0.05) is 36.5 Å². The second-order valence-electron chi connectivity index (χ2n) is 9.80. The number of aromatic nitrogens is 2. The van der Waals surface area contributed by atoms with Crippen molar-refractivity contribution in [2.24, 2.45) is 0 Å². The Labute approximate surface area is 201 Å². The lowest BCUT2D eigenvalue weighted by Gasteiger charge is -2.34. The van der Waals surface area contributed by atoms with Crippen molar-refractivity contribution >= 4 is 16.7 Å². The van der Waals surface area contributed by atoms with Gasteiger partial charge in [-0.05, 0) is 92.9 Å². The van der Waals surface area contributed by atoms with Gasteiger partial charge in [0.25, 0.3) is 0 Å². The number of aryl methyl sites for hydroxylation is 1. The van der Waals surface area contributed by atoms with Crippen LogP contribution < -0.4 is 15.0 Å². The summed E-state index contributed by atoms with van der Waals surface area (Å²) in [5, 5.41) is 4.68. The lowest BCUT2D eigenvalue weighted by Crippen LogP contribution is -2.34. The number of hydrogen-bond donors (Lipinski definition) is 1. The molecule has 2 heterocycles. The molecule has 34 heavy (non-hydrogen) atoms. The Morgan fingerprint density at radius 3 is 2.56 bits per heavy atom. The quantitative estimate of drug-likeness (QED) is 0.426. The predicted octanol–water partition coefficient (Wildman–Crippen LogP) is 5.85. The first-order valence-electron chi connectivity index (χ1n) is 12.7. The summed E-state index contributed by atoms with van der Waals surface area (Å²) in [5.41, 5.74) is 4.62. The summed E-state index contributed by atoms with van der Waals surface area (Å²) < 4.78 is 19.5. The highest BCUT2D eigenvalue weighted by Crippen LogP contribution is 2.41. The molecule has 1 N–H and O–H groups in total. The Morgan fingerprint density at radius 1 is 1.06 bits per heavy atom. The number of ether oxygens (including phenoxy) is 1. The van der Waals surface area contributed by atoms with Gasteiger partial charge in [-0.25, -0.2) is 14.4 Å². The molecule has 2 aliphatic rings. The van der Waals surface area contributed by atoms with Crippen molar-refractivity contribution in [1.82, 2.24) is 15.3 Å². The standard InChI is InChI=1S/C28H35FN4O/c1-4-11-30-17-21-15-24-25(14-18(21)2)31-27(20-5-6-20)32-28(24)33-12-9-19(10-13-33)23-16-22(29)7-8-26(23)34-3/h7-8,14-16,19-20,30H,4-6,9-13,17H2,1-3H3. The fourth-order valence-corrected chi connectivity index (χ4v) is 5.11. The smallest absolute Gasteiger partial charge is 0.140 e. The molecule has 1 saturated heterocycles. The topological polar surface area (TPSA) is 50.3 Å². The molecule has 3 aromatic rings. The summed E-state index contributed by atoms with van der Waals surface area (Å²) in [4.78, 5) is 12.5. The number of hydrogen-bond acceptors (Lipinski definition) is 5. The number of methoxy groups -OCH3 is 1. The van der Waals surface area contributed by atoms with Crippen molar-refractivity contribution in [3.63, 3.8) is 0 Å². The van der Waals surface area contributed by atoms with Crippen LogP contribution in [-0.2, 0) is 6.54 Å². The van der Waals surface area contributed by atoms with E-state index < -0.39 is 0 Å². The number of piperidine rings is 1. The predicted molar refractivity (Wildman–Crippen MR) is 135 cm³/mol. The fraction of sp³-hybridized carbons (Fsp3) is 0.500. The average Bonchev–Trinajstić information content (AvgIpc) is 3.70. The minimum absolute atomic E-state index is 0.200. The second-order valence-corrected chi connectivity index (χ2v) is 9.80. The van der Waals surface area contributed by atoms with E-state index in [-0.39, 0.29) is 11.7 Å². The molecule has 5 nitrogen and oxygen atoms in total.